The number of carbonyl (C=O) groups excluding carboxylic acids is 1. The molecule has 0 saturated heterocycles. The molecule has 27 heavy (non-hydrogen) atoms. The minimum absolute atomic E-state index is 0.0880. The van der Waals surface area contributed by atoms with E-state index in [9.17, 15) is 9.59 Å². The first-order chi connectivity index (χ1) is 13.1. The van der Waals surface area contributed by atoms with Gasteiger partial charge in [-0.25, -0.2) is 9.97 Å². The Morgan fingerprint density at radius 3 is 2.81 bits per heavy atom. The normalized spacial score (nSPS) is 10.6. The van der Waals surface area contributed by atoms with Gasteiger partial charge in [0.15, 0.2) is 0 Å². The van der Waals surface area contributed by atoms with Gasteiger partial charge in [0.05, 0.1) is 36.3 Å². The van der Waals surface area contributed by atoms with Gasteiger partial charge in [0.2, 0.25) is 5.91 Å². The number of ether oxygens (including phenoxy) is 1. The number of hydrogen-bond donors (Lipinski definition) is 2. The number of hydrogen-bond acceptors (Lipinski definition) is 6. The molecule has 0 unspecified atom stereocenters. The first-order valence-corrected chi connectivity index (χ1v) is 9.33. The molecule has 2 heterocycles. The summed E-state index contributed by atoms with van der Waals surface area (Å²) in [4.78, 5) is 34.8. The molecule has 0 atom stereocenters. The van der Waals surface area contributed by atoms with Crippen LogP contribution in [0.4, 0.5) is 0 Å². The van der Waals surface area contributed by atoms with Crippen molar-refractivity contribution in [3.63, 3.8) is 0 Å². The second kappa shape index (κ2) is 8.59. The Balaban J connectivity index is 1.52. The van der Waals surface area contributed by atoms with Crippen molar-refractivity contribution >= 4 is 17.2 Å². The number of carbonyl (C=O) groups is 1. The minimum Gasteiger partial charge on any atom is -0.497 e. The Morgan fingerprint density at radius 2 is 2.07 bits per heavy atom. The molecule has 0 aliphatic carbocycles. The molecule has 0 saturated carbocycles. The van der Waals surface area contributed by atoms with Gasteiger partial charge in [-0.1, -0.05) is 0 Å². The van der Waals surface area contributed by atoms with Crippen molar-refractivity contribution in [2.75, 3.05) is 13.7 Å². The number of aromatic nitrogens is 3. The van der Waals surface area contributed by atoms with Crippen LogP contribution in [0.5, 0.6) is 5.75 Å². The van der Waals surface area contributed by atoms with E-state index in [4.69, 9.17) is 4.74 Å². The van der Waals surface area contributed by atoms with Crippen molar-refractivity contribution in [1.82, 2.24) is 20.3 Å². The summed E-state index contributed by atoms with van der Waals surface area (Å²) in [6.45, 7) is 2.14. The minimum atomic E-state index is -0.221. The van der Waals surface area contributed by atoms with Crippen LogP contribution in [-0.4, -0.2) is 34.5 Å². The quantitative estimate of drug-likeness (QED) is 0.650. The number of nitrogens with one attached hydrogen (secondary N) is 2. The van der Waals surface area contributed by atoms with Gasteiger partial charge < -0.3 is 15.0 Å². The number of aromatic amines is 1. The maximum absolute atomic E-state index is 12.1. The Bertz CT molecular complexity index is 979. The van der Waals surface area contributed by atoms with Crippen molar-refractivity contribution in [3.8, 4) is 17.0 Å². The summed E-state index contributed by atoms with van der Waals surface area (Å²) in [6, 6.07) is 7.74. The van der Waals surface area contributed by atoms with Crippen LogP contribution in [0.25, 0.3) is 11.3 Å². The zero-order valence-electron chi connectivity index (χ0n) is 15.1. The van der Waals surface area contributed by atoms with E-state index in [1.54, 1.807) is 25.4 Å². The van der Waals surface area contributed by atoms with Gasteiger partial charge in [-0.05, 0) is 31.2 Å². The number of H-pyrrole nitrogens is 1. The summed E-state index contributed by atoms with van der Waals surface area (Å²) in [7, 11) is 1.64. The molecule has 0 bridgehead atoms. The third-order valence-corrected chi connectivity index (χ3v) is 5.02. The molecule has 2 N–H and O–H groups in total. The fraction of sp³-hybridized carbons (Fsp3) is 0.263. The average molecular weight is 384 g/mol. The first-order valence-electron chi connectivity index (χ1n) is 8.45. The maximum Gasteiger partial charge on any atom is 0.253 e. The Hall–Kier alpha value is -3.00. The fourth-order valence-electron chi connectivity index (χ4n) is 2.53. The van der Waals surface area contributed by atoms with Crippen molar-refractivity contribution in [1.29, 1.82) is 0 Å². The van der Waals surface area contributed by atoms with E-state index >= 15 is 0 Å². The molecule has 0 spiro atoms. The van der Waals surface area contributed by atoms with Crippen LogP contribution in [0, 0.1) is 6.92 Å². The highest BCUT2D eigenvalue weighted by atomic mass is 32.1. The largest absolute Gasteiger partial charge is 0.497 e. The molecular weight excluding hydrogens is 364 g/mol. The third kappa shape index (κ3) is 4.79. The number of benzene rings is 1. The molecule has 0 aliphatic heterocycles. The van der Waals surface area contributed by atoms with Crippen molar-refractivity contribution in [3.05, 3.63) is 62.6 Å². The van der Waals surface area contributed by atoms with Crippen LogP contribution in [0.15, 0.2) is 40.8 Å². The predicted molar refractivity (Wildman–Crippen MR) is 104 cm³/mol. The summed E-state index contributed by atoms with van der Waals surface area (Å²) < 4.78 is 5.16. The summed E-state index contributed by atoms with van der Waals surface area (Å²) in [5, 5.41) is 5.80. The zero-order chi connectivity index (χ0) is 19.2. The predicted octanol–water partition coefficient (Wildman–Crippen LogP) is 2.11. The van der Waals surface area contributed by atoms with Gasteiger partial charge >= 0.3 is 0 Å². The molecular formula is C19H20N4O3S. The van der Waals surface area contributed by atoms with Gasteiger partial charge in [-0.15, -0.1) is 11.3 Å². The van der Waals surface area contributed by atoms with Crippen molar-refractivity contribution in [2.45, 2.75) is 19.8 Å². The fourth-order valence-corrected chi connectivity index (χ4v) is 3.33. The van der Waals surface area contributed by atoms with Gasteiger partial charge in [0.1, 0.15) is 5.75 Å². The summed E-state index contributed by atoms with van der Waals surface area (Å²) in [5.41, 5.74) is 2.68. The zero-order valence-corrected chi connectivity index (χ0v) is 15.9. The highest BCUT2D eigenvalue weighted by molar-refractivity contribution is 7.09. The van der Waals surface area contributed by atoms with Crippen LogP contribution in [0.1, 0.15) is 16.3 Å². The highest BCUT2D eigenvalue weighted by Crippen LogP contribution is 2.24. The van der Waals surface area contributed by atoms with Crippen LogP contribution in [0.3, 0.4) is 0 Å². The van der Waals surface area contributed by atoms with Crippen LogP contribution in [-0.2, 0) is 17.6 Å². The number of amides is 1. The standard InChI is InChI=1S/C19H20N4O3S/c1-12-15(21-11-22-19(12)25)9-17(24)20-8-7-18-23-16(10-27-18)13-3-5-14(26-2)6-4-13/h3-6,10-11H,7-9H2,1-2H3,(H,20,24)(H,21,22,25). The molecule has 0 aliphatic rings. The van der Waals surface area contributed by atoms with Gasteiger partial charge in [0.25, 0.3) is 5.56 Å². The molecule has 140 valence electrons. The summed E-state index contributed by atoms with van der Waals surface area (Å²) in [5.74, 6) is 0.644. The topological polar surface area (TPSA) is 97.0 Å². The molecule has 8 heteroatoms. The SMILES string of the molecule is COc1ccc(-c2csc(CCNC(=O)Cc3nc[nH]c(=O)c3C)n2)cc1. The summed E-state index contributed by atoms with van der Waals surface area (Å²) in [6.07, 6.45) is 2.05. The number of nitrogens with zero attached hydrogens (tertiary/aromatic N) is 2. The second-order valence-corrected chi connectivity index (χ2v) is 6.88. The van der Waals surface area contributed by atoms with E-state index < -0.39 is 0 Å². The van der Waals surface area contributed by atoms with Gasteiger partial charge in [0, 0.05) is 29.5 Å². The molecule has 0 fully saturated rings. The molecule has 2 aromatic heterocycles. The van der Waals surface area contributed by atoms with E-state index in [2.05, 4.69) is 20.3 Å². The smallest absolute Gasteiger partial charge is 0.253 e. The average Bonchev–Trinajstić information content (AvgIpc) is 3.14. The lowest BCUT2D eigenvalue weighted by Gasteiger charge is -2.05. The third-order valence-electron chi connectivity index (χ3n) is 4.12. The van der Waals surface area contributed by atoms with E-state index in [1.807, 2.05) is 29.6 Å². The molecule has 3 rings (SSSR count). The van der Waals surface area contributed by atoms with Gasteiger partial charge in [-0.3, -0.25) is 9.59 Å². The number of methoxy groups -OCH3 is 1. The lowest BCUT2D eigenvalue weighted by molar-refractivity contribution is -0.120. The van der Waals surface area contributed by atoms with Crippen molar-refractivity contribution in [2.24, 2.45) is 0 Å². The second-order valence-electron chi connectivity index (χ2n) is 5.94. The lowest BCUT2D eigenvalue weighted by Crippen LogP contribution is -2.28. The Morgan fingerprint density at radius 1 is 1.30 bits per heavy atom. The van der Waals surface area contributed by atoms with Gasteiger partial charge in [-0.2, -0.15) is 0 Å². The van der Waals surface area contributed by atoms with Crippen molar-refractivity contribution < 1.29 is 9.53 Å². The molecule has 7 nitrogen and oxygen atoms in total. The monoisotopic (exact) mass is 384 g/mol. The van der Waals surface area contributed by atoms with E-state index in [-0.39, 0.29) is 17.9 Å². The molecule has 1 amide bonds. The maximum atomic E-state index is 12.1. The number of thiazole rings is 1. The van der Waals surface area contributed by atoms with E-state index in [0.29, 0.717) is 24.2 Å². The number of rotatable bonds is 7. The Kier molecular flexibility index (Phi) is 5.97. The van der Waals surface area contributed by atoms with Crippen LogP contribution < -0.4 is 15.6 Å². The van der Waals surface area contributed by atoms with Crippen LogP contribution >= 0.6 is 11.3 Å². The molecule has 1 aromatic carbocycles. The van der Waals surface area contributed by atoms with Crippen LogP contribution in [0.2, 0.25) is 0 Å². The lowest BCUT2D eigenvalue weighted by atomic mass is 10.2. The first kappa shape index (κ1) is 18.8. The van der Waals surface area contributed by atoms with E-state index in [0.717, 1.165) is 22.0 Å². The molecule has 0 radical (unpaired) electrons. The summed E-state index contributed by atoms with van der Waals surface area (Å²) >= 11 is 1.56. The van der Waals surface area contributed by atoms with E-state index in [1.165, 1.54) is 6.33 Å². The Labute approximate surface area is 160 Å². The molecule has 3 aromatic rings. The highest BCUT2D eigenvalue weighted by Gasteiger charge is 2.10.